The van der Waals surface area contributed by atoms with Crippen LogP contribution in [0.15, 0.2) is 97.1 Å². The van der Waals surface area contributed by atoms with E-state index in [0.29, 0.717) is 17.9 Å². The highest BCUT2D eigenvalue weighted by Crippen LogP contribution is 2.37. The number of aromatic amines is 4. The van der Waals surface area contributed by atoms with Crippen molar-refractivity contribution >= 4 is 46.2 Å². The minimum absolute atomic E-state index is 0.0443. The van der Waals surface area contributed by atoms with Gasteiger partial charge in [0.15, 0.2) is 12.2 Å². The number of carbonyl (C=O) groups is 4. The Morgan fingerprint density at radius 3 is 1.40 bits per heavy atom. The zero-order chi connectivity index (χ0) is 59.6. The van der Waals surface area contributed by atoms with Crippen molar-refractivity contribution in [3.05, 3.63) is 152 Å². The molecule has 84 heavy (non-hydrogen) atoms. The fourth-order valence-electron chi connectivity index (χ4n) is 12.1. The third-order valence-corrected chi connectivity index (χ3v) is 16.6. The average Bonchev–Trinajstić information content (AvgIpc) is 3.24. The topological polar surface area (TPSA) is 205 Å². The van der Waals surface area contributed by atoms with E-state index in [1.165, 1.54) is 27.7 Å². The van der Waals surface area contributed by atoms with E-state index in [1.54, 1.807) is 0 Å². The lowest BCUT2D eigenvalue weighted by atomic mass is 9.83. The molecule has 2 fully saturated rings. The molecule has 2 saturated heterocycles. The van der Waals surface area contributed by atoms with Crippen LogP contribution in [-0.4, -0.2) is 93.5 Å². The van der Waals surface area contributed by atoms with Gasteiger partial charge in [0.05, 0.1) is 12.0 Å². The van der Waals surface area contributed by atoms with Crippen LogP contribution >= 0.6 is 0 Å². The zero-order valence-electron chi connectivity index (χ0n) is 50.4. The SMILES string of the molecule is CCCCCCC1=c2ccc([nH]2)=C(c2cccc(O[C@@H]3OC(COC(C)=O)[C@@H](C)[C@H](C)C3OC(C)=O)c2)c2ccc([nH]2)C(CCCCCC)=c2ccc([nH]2)=C(c2cccc(O[C@H]3OC(CC)[C@H](OC(C)=O)C(OC(C)=O)[C@H]3C)c2)c2ccc1[nH]2. The van der Waals surface area contributed by atoms with Gasteiger partial charge in [-0.05, 0) is 133 Å². The Balaban J connectivity index is 1.18. The highest BCUT2D eigenvalue weighted by Gasteiger charge is 2.49. The molecule has 4 aromatic heterocycles. The van der Waals surface area contributed by atoms with Crippen molar-refractivity contribution < 1.29 is 57.1 Å². The summed E-state index contributed by atoms with van der Waals surface area (Å²) in [6, 6.07) is 33.2. The molecule has 0 radical (unpaired) electrons. The smallest absolute Gasteiger partial charge is 0.303 e. The predicted octanol–water partition coefficient (Wildman–Crippen LogP) is 10.0. The van der Waals surface area contributed by atoms with Crippen molar-refractivity contribution in [1.29, 1.82) is 0 Å². The second kappa shape index (κ2) is 27.9. The number of nitrogens with one attached hydrogen (secondary N) is 4. The summed E-state index contributed by atoms with van der Waals surface area (Å²) in [4.78, 5) is 64.8. The summed E-state index contributed by atoms with van der Waals surface area (Å²) in [5.74, 6) is -1.51. The van der Waals surface area contributed by atoms with Crippen molar-refractivity contribution in [1.82, 2.24) is 19.9 Å². The highest BCUT2D eigenvalue weighted by molar-refractivity contribution is 5.81. The van der Waals surface area contributed by atoms with E-state index in [0.717, 1.165) is 142 Å². The fourth-order valence-corrected chi connectivity index (χ4v) is 12.1. The van der Waals surface area contributed by atoms with Gasteiger partial charge in [0.25, 0.3) is 0 Å². The Morgan fingerprint density at radius 1 is 0.452 bits per heavy atom. The molecule has 2 aromatic carbocycles. The Morgan fingerprint density at radius 2 is 0.917 bits per heavy atom. The van der Waals surface area contributed by atoms with E-state index in [1.807, 2.05) is 64.1 Å². The molecule has 4 N–H and O–H groups in total. The fraction of sp³-hybridized carbons (Fsp3) is 0.471. The molecule has 0 spiro atoms. The Bertz CT molecular complexity index is 3530. The number of unbranched alkanes of at least 4 members (excludes halogenated alkanes) is 6. The van der Waals surface area contributed by atoms with E-state index >= 15 is 0 Å². The molecule has 16 heteroatoms. The lowest BCUT2D eigenvalue weighted by Gasteiger charge is -2.43. The first kappa shape index (κ1) is 61.0. The van der Waals surface area contributed by atoms with Gasteiger partial charge < -0.3 is 57.8 Å². The lowest BCUT2D eigenvalue weighted by molar-refractivity contribution is -0.261. The van der Waals surface area contributed by atoms with Crippen molar-refractivity contribution in [2.24, 2.45) is 17.8 Å². The summed E-state index contributed by atoms with van der Waals surface area (Å²) >= 11 is 0. The number of ether oxygens (including phenoxy) is 8. The number of H-pyrrole nitrogens is 4. The van der Waals surface area contributed by atoms with Crippen LogP contribution in [0.2, 0.25) is 0 Å². The average molecular weight is 1150 g/mol. The molecule has 0 aliphatic carbocycles. The van der Waals surface area contributed by atoms with Gasteiger partial charge in [-0.3, -0.25) is 19.2 Å². The van der Waals surface area contributed by atoms with Gasteiger partial charge in [-0.1, -0.05) is 104 Å². The van der Waals surface area contributed by atoms with Crippen LogP contribution in [0.4, 0.5) is 0 Å². The maximum atomic E-state index is 12.5. The molecular formula is C68H84N4O12. The van der Waals surface area contributed by atoms with Crippen LogP contribution in [0.3, 0.4) is 0 Å². The van der Waals surface area contributed by atoms with Crippen LogP contribution in [-0.2, 0) is 47.6 Å². The maximum absolute atomic E-state index is 12.5. The predicted molar refractivity (Wildman–Crippen MR) is 320 cm³/mol. The van der Waals surface area contributed by atoms with E-state index < -0.39 is 72.9 Å². The normalized spacial score (nSPS) is 23.2. The number of hydrogen-bond donors (Lipinski definition) is 4. The van der Waals surface area contributed by atoms with E-state index in [9.17, 15) is 19.2 Å². The molecule has 4 unspecified atom stereocenters. The number of carbonyl (C=O) groups excluding carboxylic acids is 4. The molecule has 16 nitrogen and oxygen atoms in total. The summed E-state index contributed by atoms with van der Waals surface area (Å²) in [6.07, 6.45) is 5.63. The van der Waals surface area contributed by atoms with Gasteiger partial charge in [0, 0.05) is 88.9 Å². The first-order valence-corrected chi connectivity index (χ1v) is 30.3. The zero-order valence-corrected chi connectivity index (χ0v) is 50.4. The first-order chi connectivity index (χ1) is 40.5. The lowest BCUT2D eigenvalue weighted by Crippen LogP contribution is -2.57. The standard InChI is InChI=1S/C68H84N4O12/c1-11-14-16-18-26-50-52-28-32-56(69-52)62(46-22-20-24-48(36-46)81-67-41(6)64(78-43(8)74)66(80-45(10)76)60(13-3)83-67)57-33-29-53(70-57)51(27-19-17-15-12-2)55-31-35-59(72-55)63(58-34-30-54(50)71-58)47-23-21-25-49(37-47)82-68-65(79-44(9)75)40(5)39(4)61(84-68)38-77-42(7)73/h20-25,28-37,39-41,60-61,64-72H,11-19,26-27,38H2,1-10H3/t39-,40-,41+,60?,61?,64?,65?,66-,67-,68+/m0/s1. The third kappa shape index (κ3) is 14.3. The molecule has 9 rings (SSSR count). The molecule has 448 valence electrons. The molecule has 0 saturated carbocycles. The number of fused-ring (bicyclic) bond motifs is 8. The molecule has 3 aliphatic rings. The van der Waals surface area contributed by atoms with E-state index in [-0.39, 0.29) is 18.4 Å². The second-order valence-electron chi connectivity index (χ2n) is 22.9. The maximum Gasteiger partial charge on any atom is 0.303 e. The number of rotatable bonds is 22. The summed E-state index contributed by atoms with van der Waals surface area (Å²) < 4.78 is 49.3. The van der Waals surface area contributed by atoms with E-state index in [4.69, 9.17) is 37.9 Å². The summed E-state index contributed by atoms with van der Waals surface area (Å²) in [6.45, 7) is 17.8. The van der Waals surface area contributed by atoms with Crippen molar-refractivity contribution in [2.45, 2.75) is 183 Å². The van der Waals surface area contributed by atoms with Gasteiger partial charge in [0.2, 0.25) is 12.6 Å². The first-order valence-electron chi connectivity index (χ1n) is 30.3. The van der Waals surface area contributed by atoms with Gasteiger partial charge in [-0.15, -0.1) is 0 Å². The minimum Gasteiger partial charge on any atom is -0.464 e. The number of esters is 4. The van der Waals surface area contributed by atoms with Crippen LogP contribution in [0.25, 0.3) is 22.3 Å². The number of hydrogen-bond acceptors (Lipinski definition) is 12. The molecule has 7 heterocycles. The van der Waals surface area contributed by atoms with Crippen molar-refractivity contribution in [3.8, 4) is 11.5 Å². The van der Waals surface area contributed by atoms with E-state index in [2.05, 4.69) is 94.4 Å². The third-order valence-electron chi connectivity index (χ3n) is 16.6. The van der Waals surface area contributed by atoms with Crippen molar-refractivity contribution in [3.63, 3.8) is 0 Å². The van der Waals surface area contributed by atoms with Gasteiger partial charge in [0.1, 0.15) is 30.3 Å². The van der Waals surface area contributed by atoms with Gasteiger partial charge in [-0.25, -0.2) is 0 Å². The quantitative estimate of drug-likeness (QED) is 0.0285. The monoisotopic (exact) mass is 1150 g/mol. The molecule has 0 amide bonds. The Kier molecular flexibility index (Phi) is 20.3. The summed E-state index contributed by atoms with van der Waals surface area (Å²) in [5, 5.41) is 3.77. The molecule has 3 aliphatic heterocycles. The summed E-state index contributed by atoms with van der Waals surface area (Å²) in [5.41, 5.74) is 9.71. The largest absolute Gasteiger partial charge is 0.464 e. The molecule has 10 atom stereocenters. The molecule has 8 bridgehead atoms. The van der Waals surface area contributed by atoms with Crippen LogP contribution in [0.1, 0.15) is 174 Å². The van der Waals surface area contributed by atoms with Crippen LogP contribution in [0, 0.1) is 17.8 Å². The molecular weight excluding hydrogens is 1060 g/mol. The molecule has 6 aromatic rings. The van der Waals surface area contributed by atoms with Crippen LogP contribution in [0.5, 0.6) is 11.5 Å². The highest BCUT2D eigenvalue weighted by atomic mass is 16.7. The minimum atomic E-state index is -0.978. The Hall–Kier alpha value is -7.56. The summed E-state index contributed by atoms with van der Waals surface area (Å²) in [7, 11) is 0. The second-order valence-corrected chi connectivity index (χ2v) is 22.9. The van der Waals surface area contributed by atoms with Crippen LogP contribution < -0.4 is 30.9 Å². The van der Waals surface area contributed by atoms with Gasteiger partial charge >= 0.3 is 23.9 Å². The number of benzene rings is 2. The van der Waals surface area contributed by atoms with Gasteiger partial charge in [-0.2, -0.15) is 0 Å². The number of aromatic nitrogens is 4. The van der Waals surface area contributed by atoms with Crippen molar-refractivity contribution in [2.75, 3.05) is 6.61 Å². The Labute approximate surface area is 492 Å².